The Morgan fingerprint density at radius 3 is 2.74 bits per heavy atom. The number of aliphatic imine (C=N–C) groups is 1. The molecule has 3 unspecified atom stereocenters. The van der Waals surface area contributed by atoms with Gasteiger partial charge in [-0.1, -0.05) is 13.3 Å². The molecule has 0 aliphatic carbocycles. The van der Waals surface area contributed by atoms with Crippen LogP contribution in [0.3, 0.4) is 0 Å². The van der Waals surface area contributed by atoms with Gasteiger partial charge in [0.15, 0.2) is 5.96 Å². The normalized spacial score (nSPS) is 29.7. The number of hydrogen-bond donors (Lipinski definition) is 1. The molecule has 0 radical (unpaired) electrons. The summed E-state index contributed by atoms with van der Waals surface area (Å²) < 4.78 is 4.91. The first-order valence-corrected chi connectivity index (χ1v) is 8.84. The number of nitrogens with zero attached hydrogens (tertiary/aromatic N) is 3. The van der Waals surface area contributed by atoms with E-state index in [1.165, 1.54) is 32.9 Å². The second-order valence-corrected chi connectivity index (χ2v) is 6.87. The van der Waals surface area contributed by atoms with Crippen LogP contribution >= 0.6 is 0 Å². The molecule has 3 atom stereocenters. The quantitative estimate of drug-likeness (QED) is 0.478. The van der Waals surface area contributed by atoms with Gasteiger partial charge in [-0.3, -0.25) is 14.7 Å². The second-order valence-electron chi connectivity index (χ2n) is 6.87. The van der Waals surface area contributed by atoms with Gasteiger partial charge in [0.2, 0.25) is 0 Å². The summed E-state index contributed by atoms with van der Waals surface area (Å²) in [5.74, 6) is 1.02. The maximum atomic E-state index is 11.8. The molecule has 6 heteroatoms. The van der Waals surface area contributed by atoms with E-state index in [9.17, 15) is 4.79 Å². The third kappa shape index (κ3) is 4.59. The van der Waals surface area contributed by atoms with Crippen LogP contribution in [0.15, 0.2) is 4.99 Å². The number of rotatable bonds is 4. The maximum Gasteiger partial charge on any atom is 0.310 e. The number of carbonyl (C=O) groups excluding carboxylic acids is 1. The average Bonchev–Trinajstić information content (AvgIpc) is 2.94. The topological polar surface area (TPSA) is 57.2 Å². The van der Waals surface area contributed by atoms with Crippen molar-refractivity contribution in [2.24, 2.45) is 16.8 Å². The summed E-state index contributed by atoms with van der Waals surface area (Å²) in [5.41, 5.74) is 0. The van der Waals surface area contributed by atoms with E-state index < -0.39 is 0 Å². The fourth-order valence-electron chi connectivity index (χ4n) is 3.73. The minimum Gasteiger partial charge on any atom is -0.469 e. The minimum absolute atomic E-state index is 0.0549. The van der Waals surface area contributed by atoms with Crippen molar-refractivity contribution < 1.29 is 9.53 Å². The van der Waals surface area contributed by atoms with Crippen LogP contribution in [-0.4, -0.2) is 74.7 Å². The minimum atomic E-state index is -0.113. The summed E-state index contributed by atoms with van der Waals surface area (Å²) in [5, 5.41) is 3.46. The predicted octanol–water partition coefficient (Wildman–Crippen LogP) is 1.18. The molecule has 2 aliphatic rings. The maximum absolute atomic E-state index is 11.8. The Kier molecular flexibility index (Phi) is 6.69. The van der Waals surface area contributed by atoms with E-state index in [1.54, 1.807) is 0 Å². The number of esters is 1. The zero-order valence-corrected chi connectivity index (χ0v) is 15.0. The van der Waals surface area contributed by atoms with Crippen molar-refractivity contribution in [2.75, 3.05) is 46.9 Å². The zero-order valence-electron chi connectivity index (χ0n) is 15.0. The average molecular weight is 324 g/mol. The van der Waals surface area contributed by atoms with Crippen LogP contribution in [0, 0.1) is 11.8 Å². The first kappa shape index (κ1) is 18.0. The van der Waals surface area contributed by atoms with Crippen LogP contribution in [0.1, 0.15) is 33.1 Å². The number of guanidine groups is 1. The molecule has 23 heavy (non-hydrogen) atoms. The molecule has 0 aromatic carbocycles. The Morgan fingerprint density at radius 2 is 2.09 bits per heavy atom. The lowest BCUT2D eigenvalue weighted by molar-refractivity contribution is -0.145. The molecular formula is C17H32N4O2. The summed E-state index contributed by atoms with van der Waals surface area (Å²) in [7, 11) is 3.27. The molecule has 2 heterocycles. The number of likely N-dealkylation sites (tertiary alicyclic amines) is 2. The molecule has 6 nitrogen and oxygen atoms in total. The SMILES string of the molecule is CN=C(NCCN1CCCCC1C)N1CC(C)C(C(=O)OC)C1. The lowest BCUT2D eigenvalue weighted by atomic mass is 9.99. The fraction of sp³-hybridized carbons (Fsp3) is 0.882. The van der Waals surface area contributed by atoms with Crippen molar-refractivity contribution in [1.82, 2.24) is 15.1 Å². The Labute approximate surface area is 140 Å². The molecule has 0 bridgehead atoms. The second kappa shape index (κ2) is 8.52. The number of methoxy groups -OCH3 is 1. The van der Waals surface area contributed by atoms with Gasteiger partial charge in [0.05, 0.1) is 13.0 Å². The third-order valence-electron chi connectivity index (χ3n) is 5.25. The van der Waals surface area contributed by atoms with Crippen LogP contribution in [0.4, 0.5) is 0 Å². The van der Waals surface area contributed by atoms with Gasteiger partial charge in [0.25, 0.3) is 0 Å². The van der Waals surface area contributed by atoms with Gasteiger partial charge in [-0.15, -0.1) is 0 Å². The van der Waals surface area contributed by atoms with Crippen molar-refractivity contribution in [1.29, 1.82) is 0 Å². The molecule has 0 saturated carbocycles. The highest BCUT2D eigenvalue weighted by Gasteiger charge is 2.36. The first-order valence-electron chi connectivity index (χ1n) is 8.84. The Bertz CT molecular complexity index is 427. The Balaban J connectivity index is 1.80. The molecular weight excluding hydrogens is 292 g/mol. The lowest BCUT2D eigenvalue weighted by Gasteiger charge is -2.33. The number of hydrogen-bond acceptors (Lipinski definition) is 4. The molecule has 1 N–H and O–H groups in total. The lowest BCUT2D eigenvalue weighted by Crippen LogP contribution is -2.46. The highest BCUT2D eigenvalue weighted by Crippen LogP contribution is 2.24. The molecule has 0 aromatic rings. The molecule has 2 aliphatic heterocycles. The zero-order chi connectivity index (χ0) is 16.8. The molecule has 0 aromatic heterocycles. The standard InChI is InChI=1S/C17H32N4O2/c1-13-11-21(12-15(13)16(22)23-4)17(18-3)19-8-10-20-9-6-5-7-14(20)2/h13-15H,5-12H2,1-4H3,(H,18,19). The smallest absolute Gasteiger partial charge is 0.310 e. The van der Waals surface area contributed by atoms with Crippen molar-refractivity contribution in [3.63, 3.8) is 0 Å². The van der Waals surface area contributed by atoms with Crippen molar-refractivity contribution in [3.05, 3.63) is 0 Å². The third-order valence-corrected chi connectivity index (χ3v) is 5.25. The monoisotopic (exact) mass is 324 g/mol. The van der Waals surface area contributed by atoms with E-state index in [0.29, 0.717) is 18.5 Å². The molecule has 2 rings (SSSR count). The fourth-order valence-corrected chi connectivity index (χ4v) is 3.73. The van der Waals surface area contributed by atoms with Crippen molar-refractivity contribution in [2.45, 2.75) is 39.2 Å². The van der Waals surface area contributed by atoms with E-state index in [-0.39, 0.29) is 11.9 Å². The first-order chi connectivity index (χ1) is 11.1. The van der Waals surface area contributed by atoms with Gasteiger partial charge in [-0.25, -0.2) is 0 Å². The Morgan fingerprint density at radius 1 is 1.30 bits per heavy atom. The van der Waals surface area contributed by atoms with Gasteiger partial charge in [-0.05, 0) is 32.2 Å². The summed E-state index contributed by atoms with van der Waals surface area (Å²) in [4.78, 5) is 20.9. The molecule has 2 fully saturated rings. The van der Waals surface area contributed by atoms with E-state index in [1.807, 2.05) is 7.05 Å². The van der Waals surface area contributed by atoms with Crippen LogP contribution in [0.25, 0.3) is 0 Å². The van der Waals surface area contributed by atoms with Crippen LogP contribution in [0.5, 0.6) is 0 Å². The van der Waals surface area contributed by atoms with Crippen molar-refractivity contribution >= 4 is 11.9 Å². The number of piperidine rings is 1. The number of nitrogens with one attached hydrogen (secondary N) is 1. The van der Waals surface area contributed by atoms with Gasteiger partial charge in [0.1, 0.15) is 0 Å². The largest absolute Gasteiger partial charge is 0.469 e. The van der Waals surface area contributed by atoms with E-state index >= 15 is 0 Å². The summed E-state index contributed by atoms with van der Waals surface area (Å²) in [6.45, 7) is 9.09. The molecule has 0 amide bonds. The van der Waals surface area contributed by atoms with E-state index in [0.717, 1.165) is 25.6 Å². The van der Waals surface area contributed by atoms with Crippen LogP contribution in [-0.2, 0) is 9.53 Å². The highest BCUT2D eigenvalue weighted by molar-refractivity contribution is 5.82. The summed E-state index contributed by atoms with van der Waals surface area (Å²) >= 11 is 0. The number of ether oxygens (including phenoxy) is 1. The number of carbonyl (C=O) groups is 1. The summed E-state index contributed by atoms with van der Waals surface area (Å²) in [6, 6.07) is 0.683. The van der Waals surface area contributed by atoms with Gasteiger partial charge >= 0.3 is 5.97 Å². The molecule has 0 spiro atoms. The van der Waals surface area contributed by atoms with Gasteiger partial charge in [-0.2, -0.15) is 0 Å². The van der Waals surface area contributed by atoms with E-state index in [2.05, 4.69) is 34.0 Å². The van der Waals surface area contributed by atoms with Gasteiger partial charge in [0, 0.05) is 39.3 Å². The molecule has 132 valence electrons. The van der Waals surface area contributed by atoms with Gasteiger partial charge < -0.3 is 15.0 Å². The Hall–Kier alpha value is -1.30. The highest BCUT2D eigenvalue weighted by atomic mass is 16.5. The predicted molar refractivity (Wildman–Crippen MR) is 92.5 cm³/mol. The summed E-state index contributed by atoms with van der Waals surface area (Å²) in [6.07, 6.45) is 3.97. The van der Waals surface area contributed by atoms with Crippen LogP contribution in [0.2, 0.25) is 0 Å². The van der Waals surface area contributed by atoms with Crippen molar-refractivity contribution in [3.8, 4) is 0 Å². The van der Waals surface area contributed by atoms with E-state index in [4.69, 9.17) is 4.74 Å². The molecule has 2 saturated heterocycles. The van der Waals surface area contributed by atoms with Crippen LogP contribution < -0.4 is 5.32 Å².